The first kappa shape index (κ1) is 17.5. The number of methoxy groups -OCH3 is 1. The third-order valence-electron chi connectivity index (χ3n) is 3.96. The van der Waals surface area contributed by atoms with Gasteiger partial charge in [0.2, 0.25) is 0 Å². The van der Waals surface area contributed by atoms with Crippen LogP contribution in [0.1, 0.15) is 46.5 Å². The third-order valence-corrected chi connectivity index (χ3v) is 3.96. The lowest BCUT2D eigenvalue weighted by Crippen LogP contribution is -2.43. The number of rotatable bonds is 6. The highest BCUT2D eigenvalue weighted by Gasteiger charge is 2.41. The summed E-state index contributed by atoms with van der Waals surface area (Å²) in [6.07, 6.45) is 1.78. The Morgan fingerprint density at radius 1 is 1.38 bits per heavy atom. The molecule has 0 aromatic heterocycles. The summed E-state index contributed by atoms with van der Waals surface area (Å²) in [6, 6.07) is -0.853. The molecule has 120 valence electrons. The maximum atomic E-state index is 12.3. The van der Waals surface area contributed by atoms with Gasteiger partial charge in [-0.05, 0) is 12.3 Å². The Hall–Kier alpha value is -1.59. The molecule has 0 aromatic rings. The number of carbonyl (C=O) groups is 3. The molecule has 21 heavy (non-hydrogen) atoms. The molecule has 1 rings (SSSR count). The van der Waals surface area contributed by atoms with Gasteiger partial charge in [-0.2, -0.15) is 0 Å². The number of Topliss-reactive ketones (excluding diaryl/α,β-unsaturated/α-hetero) is 1. The Morgan fingerprint density at radius 3 is 2.57 bits per heavy atom. The van der Waals surface area contributed by atoms with E-state index in [0.717, 1.165) is 19.3 Å². The van der Waals surface area contributed by atoms with Crippen LogP contribution in [0.2, 0.25) is 0 Å². The molecule has 6 heteroatoms. The number of likely N-dealkylation sites (tertiary alicyclic amines) is 1. The Morgan fingerprint density at radius 2 is 2.05 bits per heavy atom. The lowest BCUT2D eigenvalue weighted by Gasteiger charge is -2.27. The van der Waals surface area contributed by atoms with Crippen molar-refractivity contribution < 1.29 is 23.9 Å². The lowest BCUT2D eigenvalue weighted by atomic mass is 9.98. The third kappa shape index (κ3) is 4.44. The first-order valence-electron chi connectivity index (χ1n) is 7.51. The molecule has 0 aliphatic carbocycles. The largest absolute Gasteiger partial charge is 0.467 e. The fraction of sp³-hybridized carbons (Fsp3) is 0.800. The fourth-order valence-electron chi connectivity index (χ4n) is 2.43. The molecular weight excluding hydrogens is 274 g/mol. The summed E-state index contributed by atoms with van der Waals surface area (Å²) in [6.45, 7) is 6.01. The summed E-state index contributed by atoms with van der Waals surface area (Å²) in [5.74, 6) is -0.491. The Balaban J connectivity index is 2.75. The zero-order chi connectivity index (χ0) is 16.0. The van der Waals surface area contributed by atoms with Crippen molar-refractivity contribution in [2.24, 2.45) is 5.92 Å². The van der Waals surface area contributed by atoms with Crippen LogP contribution in [0.4, 0.5) is 4.79 Å². The standard InChI is InChI=1S/C15H25NO5/c1-5-7-13(10(3)6-2)21-15(19)16-9-11(17)8-12(16)14(18)20-4/h10,12-13H,5-9H2,1-4H3/t10?,12-,13?/m0/s1. The number of amides is 1. The van der Waals surface area contributed by atoms with Gasteiger partial charge in [0.1, 0.15) is 12.1 Å². The smallest absolute Gasteiger partial charge is 0.411 e. The second-order valence-corrected chi connectivity index (χ2v) is 5.51. The number of hydrogen-bond donors (Lipinski definition) is 0. The van der Waals surface area contributed by atoms with E-state index in [0.29, 0.717) is 0 Å². The van der Waals surface area contributed by atoms with Crippen LogP contribution in [0, 0.1) is 5.92 Å². The first-order chi connectivity index (χ1) is 9.94. The van der Waals surface area contributed by atoms with Gasteiger partial charge in [-0.3, -0.25) is 9.69 Å². The zero-order valence-corrected chi connectivity index (χ0v) is 13.3. The number of hydrogen-bond acceptors (Lipinski definition) is 5. The van der Waals surface area contributed by atoms with Crippen molar-refractivity contribution in [3.05, 3.63) is 0 Å². The molecule has 2 unspecified atom stereocenters. The molecule has 1 amide bonds. The first-order valence-corrected chi connectivity index (χ1v) is 7.51. The molecule has 0 spiro atoms. The van der Waals surface area contributed by atoms with Crippen LogP contribution < -0.4 is 0 Å². The van der Waals surface area contributed by atoms with E-state index in [1.807, 2.05) is 20.8 Å². The number of ketones is 1. The summed E-state index contributed by atoms with van der Waals surface area (Å²) in [5, 5.41) is 0. The highest BCUT2D eigenvalue weighted by atomic mass is 16.6. The summed E-state index contributed by atoms with van der Waals surface area (Å²) in [5.41, 5.74) is 0. The van der Waals surface area contributed by atoms with Crippen molar-refractivity contribution in [3.63, 3.8) is 0 Å². The molecule has 1 fully saturated rings. The van der Waals surface area contributed by atoms with Gasteiger partial charge < -0.3 is 9.47 Å². The van der Waals surface area contributed by atoms with Crippen molar-refractivity contribution in [1.82, 2.24) is 4.90 Å². The van der Waals surface area contributed by atoms with Gasteiger partial charge in [0.25, 0.3) is 0 Å². The second kappa shape index (κ2) is 8.00. The Kier molecular flexibility index (Phi) is 6.65. The second-order valence-electron chi connectivity index (χ2n) is 5.51. The SMILES string of the molecule is CCCC(OC(=O)N1CC(=O)C[C@H]1C(=O)OC)C(C)CC. The maximum absolute atomic E-state index is 12.3. The molecule has 0 N–H and O–H groups in total. The Bertz CT molecular complexity index is 396. The topological polar surface area (TPSA) is 72.9 Å². The minimum Gasteiger partial charge on any atom is -0.467 e. The van der Waals surface area contributed by atoms with E-state index in [9.17, 15) is 14.4 Å². The van der Waals surface area contributed by atoms with E-state index in [1.54, 1.807) is 0 Å². The molecule has 1 saturated heterocycles. The number of nitrogens with zero attached hydrogens (tertiary/aromatic N) is 1. The van der Waals surface area contributed by atoms with Crippen LogP contribution in [0.5, 0.6) is 0 Å². The van der Waals surface area contributed by atoms with Crippen molar-refractivity contribution in [3.8, 4) is 0 Å². The van der Waals surface area contributed by atoms with E-state index in [2.05, 4.69) is 4.74 Å². The predicted octanol–water partition coefficient (Wildman–Crippen LogP) is 2.15. The van der Waals surface area contributed by atoms with Crippen LogP contribution in [-0.2, 0) is 19.1 Å². The molecule has 1 heterocycles. The van der Waals surface area contributed by atoms with Gasteiger partial charge >= 0.3 is 12.1 Å². The van der Waals surface area contributed by atoms with E-state index in [-0.39, 0.29) is 30.8 Å². The molecule has 0 radical (unpaired) electrons. The fourth-order valence-corrected chi connectivity index (χ4v) is 2.43. The minimum atomic E-state index is -0.853. The van der Waals surface area contributed by atoms with Crippen LogP contribution in [0.3, 0.4) is 0 Å². The summed E-state index contributed by atoms with van der Waals surface area (Å²) >= 11 is 0. The molecule has 3 atom stereocenters. The lowest BCUT2D eigenvalue weighted by molar-refractivity contribution is -0.145. The highest BCUT2D eigenvalue weighted by molar-refractivity contribution is 5.95. The minimum absolute atomic E-state index is 0.00352. The highest BCUT2D eigenvalue weighted by Crippen LogP contribution is 2.22. The van der Waals surface area contributed by atoms with Gasteiger partial charge in [-0.1, -0.05) is 33.6 Å². The van der Waals surface area contributed by atoms with Gasteiger partial charge in [-0.25, -0.2) is 9.59 Å². The number of esters is 1. The van der Waals surface area contributed by atoms with E-state index >= 15 is 0 Å². The van der Waals surface area contributed by atoms with E-state index in [1.165, 1.54) is 12.0 Å². The van der Waals surface area contributed by atoms with Crippen molar-refractivity contribution in [2.75, 3.05) is 13.7 Å². The van der Waals surface area contributed by atoms with Gasteiger partial charge in [0.15, 0.2) is 5.78 Å². The Labute approximate surface area is 125 Å². The van der Waals surface area contributed by atoms with Crippen molar-refractivity contribution in [1.29, 1.82) is 0 Å². The van der Waals surface area contributed by atoms with Gasteiger partial charge in [0, 0.05) is 6.42 Å². The molecule has 1 aliphatic rings. The van der Waals surface area contributed by atoms with Crippen LogP contribution in [0.25, 0.3) is 0 Å². The van der Waals surface area contributed by atoms with Gasteiger partial charge in [0.05, 0.1) is 13.7 Å². The monoisotopic (exact) mass is 299 g/mol. The summed E-state index contributed by atoms with van der Waals surface area (Å²) < 4.78 is 10.2. The van der Waals surface area contributed by atoms with Crippen LogP contribution >= 0.6 is 0 Å². The number of ether oxygens (including phenoxy) is 2. The molecule has 6 nitrogen and oxygen atoms in total. The van der Waals surface area contributed by atoms with Crippen molar-refractivity contribution >= 4 is 17.8 Å². The van der Waals surface area contributed by atoms with Crippen LogP contribution in [0.15, 0.2) is 0 Å². The zero-order valence-electron chi connectivity index (χ0n) is 13.3. The molecule has 0 aromatic carbocycles. The summed E-state index contributed by atoms with van der Waals surface area (Å²) in [4.78, 5) is 36.6. The van der Waals surface area contributed by atoms with E-state index in [4.69, 9.17) is 4.74 Å². The quantitative estimate of drug-likeness (QED) is 0.703. The molecule has 0 saturated carbocycles. The molecule has 1 aliphatic heterocycles. The van der Waals surface area contributed by atoms with E-state index < -0.39 is 18.1 Å². The average Bonchev–Trinajstić information content (AvgIpc) is 2.87. The molecular formula is C15H25NO5. The van der Waals surface area contributed by atoms with Gasteiger partial charge in [-0.15, -0.1) is 0 Å². The molecule has 0 bridgehead atoms. The average molecular weight is 299 g/mol. The normalized spacial score (nSPS) is 21.0. The van der Waals surface area contributed by atoms with Crippen LogP contribution in [-0.4, -0.2) is 48.5 Å². The maximum Gasteiger partial charge on any atom is 0.411 e. The van der Waals surface area contributed by atoms with Crippen molar-refractivity contribution in [2.45, 2.75) is 58.6 Å². The summed E-state index contributed by atoms with van der Waals surface area (Å²) in [7, 11) is 1.24. The number of carbonyl (C=O) groups excluding carboxylic acids is 3. The predicted molar refractivity (Wildman–Crippen MR) is 76.8 cm³/mol.